The lowest BCUT2D eigenvalue weighted by Gasteiger charge is -2.20. The fourth-order valence-electron chi connectivity index (χ4n) is 2.47. The molecule has 0 bridgehead atoms. The lowest BCUT2D eigenvalue weighted by Crippen LogP contribution is -2.14. The first-order valence-electron chi connectivity index (χ1n) is 6.48. The Labute approximate surface area is 112 Å². The van der Waals surface area contributed by atoms with E-state index in [0.717, 1.165) is 28.8 Å². The average molecular weight is 262 g/mol. The summed E-state index contributed by atoms with van der Waals surface area (Å²) in [6, 6.07) is 4.04. The fraction of sp³-hybridized carbons (Fsp3) is 0.500. The summed E-state index contributed by atoms with van der Waals surface area (Å²) in [6.07, 6.45) is 9.10. The third kappa shape index (κ3) is 2.34. The lowest BCUT2D eigenvalue weighted by molar-refractivity contribution is 0.412. The Morgan fingerprint density at radius 1 is 1.44 bits per heavy atom. The Hall–Kier alpha value is -1.16. The smallest absolute Gasteiger partial charge is 0.135 e. The predicted octanol–water partition coefficient (Wildman–Crippen LogP) is 3.17. The number of ether oxygens (including phenoxy) is 1. The van der Waals surface area contributed by atoms with Crippen molar-refractivity contribution in [3.8, 4) is 5.75 Å². The van der Waals surface area contributed by atoms with E-state index >= 15 is 0 Å². The highest BCUT2D eigenvalue weighted by Gasteiger charge is 2.17. The van der Waals surface area contributed by atoms with Gasteiger partial charge in [0, 0.05) is 11.7 Å². The van der Waals surface area contributed by atoms with E-state index in [-0.39, 0.29) is 0 Å². The molecule has 1 fully saturated rings. The molecule has 3 nitrogen and oxygen atoms in total. The summed E-state index contributed by atoms with van der Waals surface area (Å²) in [5.74, 6) is 3.35. The Morgan fingerprint density at radius 2 is 2.39 bits per heavy atom. The van der Waals surface area contributed by atoms with Crippen LogP contribution in [-0.2, 0) is 6.42 Å². The number of hydrogen-bond donors (Lipinski definition) is 0. The minimum atomic E-state index is 0.732. The maximum Gasteiger partial charge on any atom is 0.135 e. The summed E-state index contributed by atoms with van der Waals surface area (Å²) in [5, 5.41) is 0.732. The molecule has 18 heavy (non-hydrogen) atoms. The molecule has 0 N–H and O–H groups in total. The van der Waals surface area contributed by atoms with E-state index in [1.807, 2.05) is 18.5 Å². The molecule has 1 aliphatic rings. The SMILES string of the molecule is COc1ccc2cnc(CC3CCCCS3)n2c1. The number of hydrogen-bond acceptors (Lipinski definition) is 3. The number of nitrogens with zero attached hydrogens (tertiary/aromatic N) is 2. The van der Waals surface area contributed by atoms with Crippen molar-refractivity contribution in [1.29, 1.82) is 0 Å². The monoisotopic (exact) mass is 262 g/mol. The molecule has 1 saturated heterocycles. The third-order valence-electron chi connectivity index (χ3n) is 3.50. The highest BCUT2D eigenvalue weighted by atomic mass is 32.2. The van der Waals surface area contributed by atoms with Crippen molar-refractivity contribution in [2.45, 2.75) is 30.9 Å². The molecule has 0 saturated carbocycles. The number of pyridine rings is 1. The molecular formula is C14H18N2OS. The van der Waals surface area contributed by atoms with Crippen molar-refractivity contribution in [1.82, 2.24) is 9.38 Å². The van der Waals surface area contributed by atoms with Gasteiger partial charge in [-0.25, -0.2) is 4.98 Å². The second-order valence-electron chi connectivity index (χ2n) is 4.73. The Kier molecular flexibility index (Phi) is 3.46. The summed E-state index contributed by atoms with van der Waals surface area (Å²) in [7, 11) is 1.70. The molecular weight excluding hydrogens is 244 g/mol. The van der Waals surface area contributed by atoms with Crippen LogP contribution in [0, 0.1) is 0 Å². The molecule has 0 amide bonds. The van der Waals surface area contributed by atoms with E-state index in [0.29, 0.717) is 0 Å². The summed E-state index contributed by atoms with van der Waals surface area (Å²) < 4.78 is 7.44. The number of methoxy groups -OCH3 is 1. The number of rotatable bonds is 3. The average Bonchev–Trinajstić information content (AvgIpc) is 2.82. The van der Waals surface area contributed by atoms with Crippen molar-refractivity contribution in [2.75, 3.05) is 12.9 Å². The molecule has 2 aromatic rings. The van der Waals surface area contributed by atoms with Crippen LogP contribution in [-0.4, -0.2) is 27.5 Å². The zero-order valence-corrected chi connectivity index (χ0v) is 11.4. The molecule has 3 rings (SSSR count). The van der Waals surface area contributed by atoms with E-state index in [9.17, 15) is 0 Å². The fourth-order valence-corrected chi connectivity index (χ4v) is 3.77. The standard InChI is InChI=1S/C14H18N2OS/c1-17-12-6-5-11-9-15-14(16(11)10-12)8-13-4-2-3-7-18-13/h5-6,9-10,13H,2-4,7-8H2,1H3. The van der Waals surface area contributed by atoms with E-state index in [1.165, 1.54) is 25.0 Å². The van der Waals surface area contributed by atoms with Crippen LogP contribution < -0.4 is 4.74 Å². The Bertz CT molecular complexity index is 532. The first-order chi connectivity index (χ1) is 8.86. The molecule has 3 heterocycles. The van der Waals surface area contributed by atoms with Gasteiger partial charge in [-0.15, -0.1) is 0 Å². The highest BCUT2D eigenvalue weighted by Crippen LogP contribution is 2.28. The molecule has 0 aromatic carbocycles. The van der Waals surface area contributed by atoms with Crippen LogP contribution in [0.3, 0.4) is 0 Å². The van der Waals surface area contributed by atoms with Crippen LogP contribution in [0.25, 0.3) is 5.52 Å². The van der Waals surface area contributed by atoms with Gasteiger partial charge >= 0.3 is 0 Å². The van der Waals surface area contributed by atoms with Gasteiger partial charge in [-0.1, -0.05) is 6.42 Å². The molecule has 4 heteroatoms. The van der Waals surface area contributed by atoms with E-state index < -0.39 is 0 Å². The largest absolute Gasteiger partial charge is 0.495 e. The topological polar surface area (TPSA) is 26.5 Å². The van der Waals surface area contributed by atoms with Crippen LogP contribution in [0.5, 0.6) is 5.75 Å². The van der Waals surface area contributed by atoms with Gasteiger partial charge in [0.25, 0.3) is 0 Å². The minimum Gasteiger partial charge on any atom is -0.495 e. The second-order valence-corrected chi connectivity index (χ2v) is 6.14. The van der Waals surface area contributed by atoms with Crippen LogP contribution in [0.2, 0.25) is 0 Å². The molecule has 0 aliphatic carbocycles. The van der Waals surface area contributed by atoms with Gasteiger partial charge in [-0.3, -0.25) is 4.40 Å². The molecule has 0 radical (unpaired) electrons. The van der Waals surface area contributed by atoms with Crippen molar-refractivity contribution >= 4 is 17.3 Å². The third-order valence-corrected chi connectivity index (χ3v) is 4.89. The molecule has 1 atom stereocenters. The minimum absolute atomic E-state index is 0.732. The van der Waals surface area contributed by atoms with Gasteiger partial charge in [0.2, 0.25) is 0 Å². The van der Waals surface area contributed by atoms with Crippen LogP contribution in [0.15, 0.2) is 24.5 Å². The second kappa shape index (κ2) is 5.22. The molecule has 1 aliphatic heterocycles. The summed E-state index contributed by atoms with van der Waals surface area (Å²) in [5.41, 5.74) is 1.15. The van der Waals surface area contributed by atoms with E-state index in [4.69, 9.17) is 4.74 Å². The van der Waals surface area contributed by atoms with Crippen LogP contribution >= 0.6 is 11.8 Å². The maximum absolute atomic E-state index is 5.28. The summed E-state index contributed by atoms with van der Waals surface area (Å²) in [4.78, 5) is 4.56. The number of thioether (sulfide) groups is 1. The van der Waals surface area contributed by atoms with Crippen molar-refractivity contribution in [3.63, 3.8) is 0 Å². The Morgan fingerprint density at radius 3 is 3.17 bits per heavy atom. The first-order valence-corrected chi connectivity index (χ1v) is 7.53. The molecule has 96 valence electrons. The number of fused-ring (bicyclic) bond motifs is 1. The zero-order valence-electron chi connectivity index (χ0n) is 10.6. The maximum atomic E-state index is 5.28. The number of aromatic nitrogens is 2. The Balaban J connectivity index is 1.86. The predicted molar refractivity (Wildman–Crippen MR) is 75.5 cm³/mol. The van der Waals surface area contributed by atoms with Gasteiger partial charge in [0.1, 0.15) is 11.6 Å². The van der Waals surface area contributed by atoms with Gasteiger partial charge in [-0.2, -0.15) is 11.8 Å². The summed E-state index contributed by atoms with van der Waals surface area (Å²) >= 11 is 2.10. The molecule has 2 aromatic heterocycles. The van der Waals surface area contributed by atoms with E-state index in [2.05, 4.69) is 27.2 Å². The summed E-state index contributed by atoms with van der Waals surface area (Å²) in [6.45, 7) is 0. The number of imidazole rings is 1. The molecule has 1 unspecified atom stereocenters. The lowest BCUT2D eigenvalue weighted by atomic mass is 10.1. The quantitative estimate of drug-likeness (QED) is 0.850. The van der Waals surface area contributed by atoms with Crippen LogP contribution in [0.1, 0.15) is 25.1 Å². The van der Waals surface area contributed by atoms with Gasteiger partial charge < -0.3 is 4.74 Å². The zero-order chi connectivity index (χ0) is 12.4. The molecule has 0 spiro atoms. The van der Waals surface area contributed by atoms with Crippen molar-refractivity contribution < 1.29 is 4.74 Å². The van der Waals surface area contributed by atoms with Crippen molar-refractivity contribution in [3.05, 3.63) is 30.4 Å². The van der Waals surface area contributed by atoms with Gasteiger partial charge in [-0.05, 0) is 30.7 Å². The van der Waals surface area contributed by atoms with Gasteiger partial charge in [0.15, 0.2) is 0 Å². The van der Waals surface area contributed by atoms with Gasteiger partial charge in [0.05, 0.1) is 25.0 Å². The highest BCUT2D eigenvalue weighted by molar-refractivity contribution is 7.99. The van der Waals surface area contributed by atoms with E-state index in [1.54, 1.807) is 7.11 Å². The van der Waals surface area contributed by atoms with Crippen molar-refractivity contribution in [2.24, 2.45) is 0 Å². The van der Waals surface area contributed by atoms with Crippen LogP contribution in [0.4, 0.5) is 0 Å². The first kappa shape index (κ1) is 11.9. The normalized spacial score (nSPS) is 20.2.